The third-order valence-electron chi connectivity index (χ3n) is 6.00. The van der Waals surface area contributed by atoms with Gasteiger partial charge in [0.1, 0.15) is 22.8 Å². The first kappa shape index (κ1) is 22.6. The number of aliphatic hydroxyl groups is 2. The van der Waals surface area contributed by atoms with E-state index in [1.165, 1.54) is 25.3 Å². The molecule has 0 amide bonds. The Bertz CT molecular complexity index is 1300. The van der Waals surface area contributed by atoms with Gasteiger partial charge in [-0.2, -0.15) is 0 Å². The number of ether oxygens (including phenoxy) is 4. The van der Waals surface area contributed by atoms with Crippen LogP contribution in [0.1, 0.15) is 33.7 Å². The second-order valence-corrected chi connectivity index (χ2v) is 8.20. The number of Topliss-reactive ketones (excluding diaryl/α,β-unsaturated/α-hetero) is 1. The first-order valence-corrected chi connectivity index (χ1v) is 10.7. The van der Waals surface area contributed by atoms with Crippen LogP contribution in [0.15, 0.2) is 48.5 Å². The molecule has 0 unspecified atom stereocenters. The molecule has 5 rings (SSSR count). The number of aromatic hydroxyl groups is 3. The molecule has 0 aromatic heterocycles. The molecular formula is C25H22O10. The summed E-state index contributed by atoms with van der Waals surface area (Å²) in [7, 11) is 1.43. The number of hydrogen-bond donors (Lipinski definition) is 5. The highest BCUT2D eigenvalue weighted by molar-refractivity contribution is 6.05. The second-order valence-electron chi connectivity index (χ2n) is 8.20. The zero-order chi connectivity index (χ0) is 24.9. The molecule has 4 atom stereocenters. The lowest BCUT2D eigenvalue weighted by Crippen LogP contribution is -2.37. The summed E-state index contributed by atoms with van der Waals surface area (Å²) in [6.45, 7) is -0.395. The zero-order valence-electron chi connectivity index (χ0n) is 18.4. The second kappa shape index (κ2) is 8.57. The normalized spacial score (nSPS) is 22.8. The Morgan fingerprint density at radius 3 is 2.26 bits per heavy atom. The molecule has 2 aliphatic rings. The molecular weight excluding hydrogens is 460 g/mol. The van der Waals surface area contributed by atoms with Crippen molar-refractivity contribution >= 4 is 5.78 Å². The maximum absolute atomic E-state index is 12.7. The third-order valence-corrected chi connectivity index (χ3v) is 6.00. The molecule has 2 heterocycles. The van der Waals surface area contributed by atoms with Gasteiger partial charge in [0.15, 0.2) is 47.4 Å². The molecule has 10 nitrogen and oxygen atoms in total. The fourth-order valence-corrected chi connectivity index (χ4v) is 4.29. The van der Waals surface area contributed by atoms with Gasteiger partial charge in [0.25, 0.3) is 0 Å². The number of aliphatic hydroxyl groups excluding tert-OH is 2. The molecule has 0 radical (unpaired) electrons. The minimum atomic E-state index is -1.62. The number of phenolic OH excluding ortho intramolecular Hbond substituents is 3. The number of hydrogen-bond acceptors (Lipinski definition) is 10. The summed E-state index contributed by atoms with van der Waals surface area (Å²) in [6, 6.07) is 11.6. The van der Waals surface area contributed by atoms with Crippen LogP contribution >= 0.6 is 0 Å². The van der Waals surface area contributed by atoms with E-state index >= 15 is 0 Å². The molecule has 3 aromatic rings. The van der Waals surface area contributed by atoms with Crippen LogP contribution in [0.25, 0.3) is 0 Å². The number of ketones is 1. The highest BCUT2D eigenvalue weighted by Crippen LogP contribution is 2.45. The summed E-state index contributed by atoms with van der Waals surface area (Å²) in [4.78, 5) is 12.7. The number of carbonyl (C=O) groups excluding carboxylic acids is 1. The number of carbonyl (C=O) groups is 1. The van der Waals surface area contributed by atoms with Gasteiger partial charge < -0.3 is 44.5 Å². The van der Waals surface area contributed by atoms with Crippen molar-refractivity contribution in [3.05, 3.63) is 65.2 Å². The van der Waals surface area contributed by atoms with E-state index in [1.54, 1.807) is 24.3 Å². The average molecular weight is 482 g/mol. The van der Waals surface area contributed by atoms with E-state index in [-0.39, 0.29) is 28.6 Å². The summed E-state index contributed by atoms with van der Waals surface area (Å²) in [6.07, 6.45) is -4.32. The summed E-state index contributed by atoms with van der Waals surface area (Å²) < 4.78 is 22.8. The Kier molecular flexibility index (Phi) is 5.54. The van der Waals surface area contributed by atoms with E-state index in [9.17, 15) is 30.3 Å². The Labute approximate surface area is 199 Å². The smallest absolute Gasteiger partial charge is 0.202 e. The third kappa shape index (κ3) is 3.82. The average Bonchev–Trinajstić information content (AvgIpc) is 2.84. The highest BCUT2D eigenvalue weighted by Gasteiger charge is 2.40. The monoisotopic (exact) mass is 482 g/mol. The van der Waals surface area contributed by atoms with E-state index in [0.29, 0.717) is 22.6 Å². The summed E-state index contributed by atoms with van der Waals surface area (Å²) in [5, 5.41) is 50.4. The molecule has 35 heavy (non-hydrogen) atoms. The number of methoxy groups -OCH3 is 1. The maximum Gasteiger partial charge on any atom is 0.202 e. The highest BCUT2D eigenvalue weighted by atomic mass is 16.6. The lowest BCUT2D eigenvalue weighted by Gasteiger charge is -2.35. The standard InChI is InChI=1S/C25H22O10/c1-32-16-4-2-11(6-14(16)28)24-20(10-26)33-18-7-12(3-5-17(18)34-24)25-23(31)22(30)21-15(29)8-13(27)9-19(21)35-25/h2-9,20,23-29,31H,10H2,1H3/t20-,23+,24-,25-/m0/s1. The molecule has 0 aliphatic carbocycles. The summed E-state index contributed by atoms with van der Waals surface area (Å²) in [5.41, 5.74) is 0.721. The van der Waals surface area contributed by atoms with Crippen LogP contribution in [-0.2, 0) is 0 Å². The molecule has 5 N–H and O–H groups in total. The van der Waals surface area contributed by atoms with Gasteiger partial charge in [0.05, 0.1) is 13.7 Å². The van der Waals surface area contributed by atoms with E-state index in [1.807, 2.05) is 0 Å². The van der Waals surface area contributed by atoms with Crippen molar-refractivity contribution in [3.8, 4) is 40.2 Å². The largest absolute Gasteiger partial charge is 0.508 e. The van der Waals surface area contributed by atoms with E-state index in [4.69, 9.17) is 18.9 Å². The van der Waals surface area contributed by atoms with E-state index < -0.39 is 42.6 Å². The Morgan fingerprint density at radius 1 is 0.829 bits per heavy atom. The van der Waals surface area contributed by atoms with Crippen molar-refractivity contribution in [2.75, 3.05) is 13.7 Å². The van der Waals surface area contributed by atoms with Crippen LogP contribution in [0.2, 0.25) is 0 Å². The Hall–Kier alpha value is -4.15. The van der Waals surface area contributed by atoms with Crippen LogP contribution in [0.4, 0.5) is 0 Å². The zero-order valence-corrected chi connectivity index (χ0v) is 18.4. The van der Waals surface area contributed by atoms with Crippen molar-refractivity contribution < 1.29 is 49.3 Å². The van der Waals surface area contributed by atoms with E-state index in [2.05, 4.69) is 0 Å². The van der Waals surface area contributed by atoms with Crippen LogP contribution in [0.5, 0.6) is 40.2 Å². The van der Waals surface area contributed by atoms with Gasteiger partial charge in [0, 0.05) is 17.7 Å². The minimum absolute atomic E-state index is 0.0645. The first-order valence-electron chi connectivity index (χ1n) is 10.7. The number of rotatable bonds is 4. The van der Waals surface area contributed by atoms with Crippen molar-refractivity contribution in [2.24, 2.45) is 0 Å². The van der Waals surface area contributed by atoms with Gasteiger partial charge in [-0.25, -0.2) is 0 Å². The lowest BCUT2D eigenvalue weighted by molar-refractivity contribution is -0.0130. The van der Waals surface area contributed by atoms with E-state index in [0.717, 1.165) is 6.07 Å². The minimum Gasteiger partial charge on any atom is -0.508 e. The molecule has 10 heteroatoms. The molecule has 182 valence electrons. The lowest BCUT2D eigenvalue weighted by atomic mass is 9.92. The fourth-order valence-electron chi connectivity index (χ4n) is 4.29. The van der Waals surface area contributed by atoms with Crippen molar-refractivity contribution in [1.82, 2.24) is 0 Å². The predicted octanol–water partition coefficient (Wildman–Crippen LogP) is 2.36. The Balaban J connectivity index is 1.46. The first-order chi connectivity index (χ1) is 16.8. The molecule has 0 saturated heterocycles. The van der Waals surface area contributed by atoms with Crippen molar-refractivity contribution in [3.63, 3.8) is 0 Å². The Morgan fingerprint density at radius 2 is 1.54 bits per heavy atom. The van der Waals surface area contributed by atoms with Gasteiger partial charge in [-0.1, -0.05) is 12.1 Å². The molecule has 0 spiro atoms. The number of fused-ring (bicyclic) bond motifs is 2. The number of phenols is 3. The van der Waals surface area contributed by atoms with Crippen LogP contribution in [0.3, 0.4) is 0 Å². The molecule has 3 aromatic carbocycles. The van der Waals surface area contributed by atoms with Crippen LogP contribution in [-0.4, -0.2) is 57.2 Å². The maximum atomic E-state index is 12.7. The predicted molar refractivity (Wildman–Crippen MR) is 119 cm³/mol. The molecule has 2 aliphatic heterocycles. The van der Waals surface area contributed by atoms with Crippen LogP contribution < -0.4 is 18.9 Å². The van der Waals surface area contributed by atoms with Gasteiger partial charge in [-0.15, -0.1) is 0 Å². The molecule has 0 bridgehead atoms. The van der Waals surface area contributed by atoms with Gasteiger partial charge in [-0.3, -0.25) is 4.79 Å². The van der Waals surface area contributed by atoms with Crippen molar-refractivity contribution in [1.29, 1.82) is 0 Å². The molecule has 0 fully saturated rings. The SMILES string of the molecule is COc1ccc([C@@H]2Oc3ccc([C@@H]4Oc5cc(O)cc(O)c5C(=O)[C@H]4O)cc3O[C@H]2CO)cc1O. The van der Waals surface area contributed by atoms with Crippen LogP contribution in [0, 0.1) is 0 Å². The van der Waals surface area contributed by atoms with Gasteiger partial charge in [0.2, 0.25) is 5.78 Å². The van der Waals surface area contributed by atoms with Gasteiger partial charge >= 0.3 is 0 Å². The molecule has 0 saturated carbocycles. The quantitative estimate of drug-likeness (QED) is 0.374. The fraction of sp³-hybridized carbons (Fsp3) is 0.240. The van der Waals surface area contributed by atoms with Gasteiger partial charge in [-0.05, 0) is 29.8 Å². The topological polar surface area (TPSA) is 155 Å². The summed E-state index contributed by atoms with van der Waals surface area (Å²) >= 11 is 0. The number of benzene rings is 3. The van der Waals surface area contributed by atoms with Crippen molar-refractivity contribution in [2.45, 2.75) is 24.4 Å². The summed E-state index contributed by atoms with van der Waals surface area (Å²) in [5.74, 6) is -0.813.